The number of hydrogen-bond donors (Lipinski definition) is 1. The molecule has 0 saturated carbocycles. The third-order valence-corrected chi connectivity index (χ3v) is 3.58. The summed E-state index contributed by atoms with van der Waals surface area (Å²) in [7, 11) is 0. The highest BCUT2D eigenvalue weighted by molar-refractivity contribution is 6.30. The Morgan fingerprint density at radius 3 is 2.14 bits per heavy atom. The highest BCUT2D eigenvalue weighted by atomic mass is 35.5. The van der Waals surface area contributed by atoms with E-state index >= 15 is 0 Å². The molecular formula is C16H13Cl2N3O. The minimum Gasteiger partial charge on any atom is -0.419 e. The minimum absolute atomic E-state index is 0.486. The van der Waals surface area contributed by atoms with Crippen molar-refractivity contribution in [3.05, 3.63) is 70.0 Å². The molecule has 2 aromatic carbocycles. The third kappa shape index (κ3) is 3.85. The lowest BCUT2D eigenvalue weighted by Crippen LogP contribution is -2.12. The van der Waals surface area contributed by atoms with Crippen LogP contribution in [0.25, 0.3) is 11.5 Å². The van der Waals surface area contributed by atoms with Crippen LogP contribution in [-0.2, 0) is 13.1 Å². The summed E-state index contributed by atoms with van der Waals surface area (Å²) >= 11 is 11.7. The summed E-state index contributed by atoms with van der Waals surface area (Å²) in [6.45, 7) is 1.21. The van der Waals surface area contributed by atoms with Crippen LogP contribution in [0.4, 0.5) is 0 Å². The quantitative estimate of drug-likeness (QED) is 0.754. The molecule has 0 amide bonds. The van der Waals surface area contributed by atoms with Crippen molar-refractivity contribution in [1.29, 1.82) is 0 Å². The van der Waals surface area contributed by atoms with Crippen LogP contribution >= 0.6 is 23.2 Å². The molecule has 0 unspecified atom stereocenters. The van der Waals surface area contributed by atoms with Gasteiger partial charge in [-0.15, -0.1) is 10.2 Å². The maximum Gasteiger partial charge on any atom is 0.247 e. The van der Waals surface area contributed by atoms with E-state index in [-0.39, 0.29) is 0 Å². The van der Waals surface area contributed by atoms with Crippen molar-refractivity contribution < 1.29 is 4.42 Å². The van der Waals surface area contributed by atoms with E-state index in [2.05, 4.69) is 15.5 Å². The monoisotopic (exact) mass is 333 g/mol. The Labute approximate surface area is 138 Å². The molecule has 0 aliphatic heterocycles. The van der Waals surface area contributed by atoms with Crippen molar-refractivity contribution in [2.75, 3.05) is 0 Å². The molecule has 0 aliphatic rings. The van der Waals surface area contributed by atoms with Gasteiger partial charge in [0.25, 0.3) is 0 Å². The van der Waals surface area contributed by atoms with Gasteiger partial charge in [-0.3, -0.25) is 0 Å². The molecule has 0 spiro atoms. The maximum absolute atomic E-state index is 5.86. The summed E-state index contributed by atoms with van der Waals surface area (Å²) in [6, 6.07) is 15.0. The number of hydrogen-bond acceptors (Lipinski definition) is 4. The van der Waals surface area contributed by atoms with Gasteiger partial charge in [0.05, 0.1) is 6.54 Å². The first-order valence-corrected chi connectivity index (χ1v) is 7.50. The van der Waals surface area contributed by atoms with E-state index in [9.17, 15) is 0 Å². The average Bonchev–Trinajstić information content (AvgIpc) is 2.99. The fourth-order valence-electron chi connectivity index (χ4n) is 1.95. The SMILES string of the molecule is Clc1ccc(CNCc2nnc(-c3ccc(Cl)cc3)o2)cc1. The Morgan fingerprint density at radius 1 is 0.818 bits per heavy atom. The van der Waals surface area contributed by atoms with Crippen molar-refractivity contribution in [2.45, 2.75) is 13.1 Å². The lowest BCUT2D eigenvalue weighted by atomic mass is 10.2. The van der Waals surface area contributed by atoms with Crippen molar-refractivity contribution in [3.8, 4) is 11.5 Å². The Morgan fingerprint density at radius 2 is 1.45 bits per heavy atom. The summed E-state index contributed by atoms with van der Waals surface area (Å²) in [5.74, 6) is 1.03. The van der Waals surface area contributed by atoms with E-state index in [0.717, 1.165) is 16.1 Å². The van der Waals surface area contributed by atoms with E-state index in [0.29, 0.717) is 29.9 Å². The molecule has 0 atom stereocenters. The molecule has 112 valence electrons. The van der Waals surface area contributed by atoms with Gasteiger partial charge in [-0.1, -0.05) is 35.3 Å². The topological polar surface area (TPSA) is 51.0 Å². The summed E-state index contributed by atoms with van der Waals surface area (Å²) in [5.41, 5.74) is 1.99. The molecule has 6 heteroatoms. The van der Waals surface area contributed by atoms with Crippen LogP contribution < -0.4 is 5.32 Å². The minimum atomic E-state index is 0.486. The predicted molar refractivity (Wildman–Crippen MR) is 86.7 cm³/mol. The van der Waals surface area contributed by atoms with Crippen molar-refractivity contribution in [2.24, 2.45) is 0 Å². The number of benzene rings is 2. The van der Waals surface area contributed by atoms with Gasteiger partial charge >= 0.3 is 0 Å². The van der Waals surface area contributed by atoms with E-state index in [4.69, 9.17) is 27.6 Å². The van der Waals surface area contributed by atoms with Crippen molar-refractivity contribution in [3.63, 3.8) is 0 Å². The first-order chi connectivity index (χ1) is 10.7. The zero-order valence-corrected chi connectivity index (χ0v) is 13.1. The van der Waals surface area contributed by atoms with Gasteiger partial charge in [0, 0.05) is 22.2 Å². The molecule has 0 saturated heterocycles. The van der Waals surface area contributed by atoms with Crippen LogP contribution in [0.15, 0.2) is 52.9 Å². The van der Waals surface area contributed by atoms with Crippen molar-refractivity contribution in [1.82, 2.24) is 15.5 Å². The molecule has 0 aliphatic carbocycles. The van der Waals surface area contributed by atoms with Gasteiger partial charge in [0.2, 0.25) is 11.8 Å². The Kier molecular flexibility index (Phi) is 4.73. The van der Waals surface area contributed by atoms with Gasteiger partial charge in [-0.25, -0.2) is 0 Å². The molecule has 4 nitrogen and oxygen atoms in total. The van der Waals surface area contributed by atoms with E-state index in [1.807, 2.05) is 36.4 Å². The number of rotatable bonds is 5. The Balaban J connectivity index is 1.57. The van der Waals surface area contributed by atoms with E-state index < -0.39 is 0 Å². The van der Waals surface area contributed by atoms with Gasteiger partial charge in [-0.05, 0) is 42.0 Å². The molecule has 0 fully saturated rings. The second-order valence-electron chi connectivity index (χ2n) is 4.74. The standard InChI is InChI=1S/C16H13Cl2N3O/c17-13-5-1-11(2-6-13)9-19-10-15-20-21-16(22-15)12-3-7-14(18)8-4-12/h1-8,19H,9-10H2. The molecule has 22 heavy (non-hydrogen) atoms. The molecule has 0 bridgehead atoms. The van der Waals surface area contributed by atoms with Gasteiger partial charge in [-0.2, -0.15) is 0 Å². The number of nitrogens with zero attached hydrogens (tertiary/aromatic N) is 2. The smallest absolute Gasteiger partial charge is 0.247 e. The molecule has 1 N–H and O–H groups in total. The second-order valence-corrected chi connectivity index (χ2v) is 5.61. The van der Waals surface area contributed by atoms with E-state index in [1.54, 1.807) is 12.1 Å². The van der Waals surface area contributed by atoms with Crippen LogP contribution in [0, 0.1) is 0 Å². The zero-order valence-electron chi connectivity index (χ0n) is 11.6. The lowest BCUT2D eigenvalue weighted by molar-refractivity contribution is 0.477. The fourth-order valence-corrected chi connectivity index (χ4v) is 2.20. The number of halogens is 2. The second kappa shape index (κ2) is 6.92. The first-order valence-electron chi connectivity index (χ1n) is 6.74. The van der Waals surface area contributed by atoms with Gasteiger partial charge < -0.3 is 9.73 Å². The van der Waals surface area contributed by atoms with Crippen LogP contribution in [0.3, 0.4) is 0 Å². The third-order valence-electron chi connectivity index (χ3n) is 3.08. The molecule has 1 aromatic heterocycles. The highest BCUT2D eigenvalue weighted by Gasteiger charge is 2.08. The van der Waals surface area contributed by atoms with Crippen LogP contribution in [-0.4, -0.2) is 10.2 Å². The van der Waals surface area contributed by atoms with Crippen LogP contribution in [0.5, 0.6) is 0 Å². The summed E-state index contributed by atoms with van der Waals surface area (Å²) in [4.78, 5) is 0. The maximum atomic E-state index is 5.86. The average molecular weight is 334 g/mol. The molecular weight excluding hydrogens is 321 g/mol. The molecule has 3 aromatic rings. The lowest BCUT2D eigenvalue weighted by Gasteiger charge is -2.02. The normalized spacial score (nSPS) is 10.8. The first kappa shape index (κ1) is 15.0. The van der Waals surface area contributed by atoms with Crippen molar-refractivity contribution >= 4 is 23.2 Å². The fraction of sp³-hybridized carbons (Fsp3) is 0.125. The Bertz CT molecular complexity index is 739. The predicted octanol–water partition coefficient (Wildman–Crippen LogP) is 4.33. The highest BCUT2D eigenvalue weighted by Crippen LogP contribution is 2.20. The van der Waals surface area contributed by atoms with E-state index in [1.165, 1.54) is 0 Å². The molecule has 0 radical (unpaired) electrons. The van der Waals surface area contributed by atoms with Gasteiger partial charge in [0.1, 0.15) is 0 Å². The number of aromatic nitrogens is 2. The molecule has 3 rings (SSSR count). The largest absolute Gasteiger partial charge is 0.419 e. The number of nitrogens with one attached hydrogen (secondary N) is 1. The van der Waals surface area contributed by atoms with Crippen LogP contribution in [0.2, 0.25) is 10.0 Å². The zero-order chi connectivity index (χ0) is 15.4. The Hall–Kier alpha value is -1.88. The summed E-state index contributed by atoms with van der Waals surface area (Å²) in [5, 5.41) is 12.7. The van der Waals surface area contributed by atoms with Gasteiger partial charge in [0.15, 0.2) is 0 Å². The summed E-state index contributed by atoms with van der Waals surface area (Å²) < 4.78 is 5.62. The molecule has 1 heterocycles. The van der Waals surface area contributed by atoms with Crippen LogP contribution in [0.1, 0.15) is 11.5 Å². The summed E-state index contributed by atoms with van der Waals surface area (Å²) in [6.07, 6.45) is 0.